The number of hydrogen-bond donors (Lipinski definition) is 1. The molecule has 1 aromatic rings. The second kappa shape index (κ2) is 6.93. The fourth-order valence-electron chi connectivity index (χ4n) is 3.22. The number of nitrogens with zero attached hydrogens (tertiary/aromatic N) is 1. The van der Waals surface area contributed by atoms with Crippen molar-refractivity contribution in [2.45, 2.75) is 58.0 Å². The fraction of sp³-hybridized carbons (Fsp3) is 0.684. The molecule has 116 valence electrons. The number of likely N-dealkylation sites (tertiary alicyclic amines) is 1. The van der Waals surface area contributed by atoms with Crippen molar-refractivity contribution in [3.63, 3.8) is 0 Å². The van der Waals surface area contributed by atoms with Crippen LogP contribution in [-0.4, -0.2) is 30.6 Å². The van der Waals surface area contributed by atoms with Gasteiger partial charge in [0.1, 0.15) is 0 Å². The molecule has 2 nitrogen and oxygen atoms in total. The summed E-state index contributed by atoms with van der Waals surface area (Å²) >= 11 is 0. The zero-order chi connectivity index (χ0) is 14.7. The van der Waals surface area contributed by atoms with Crippen LogP contribution in [0.4, 0.5) is 0 Å². The molecule has 0 radical (unpaired) electrons. The lowest BCUT2D eigenvalue weighted by atomic mass is 10.0. The molecule has 0 bridgehead atoms. The van der Waals surface area contributed by atoms with E-state index in [1.807, 2.05) is 0 Å². The maximum Gasteiger partial charge on any atom is 0.0233 e. The van der Waals surface area contributed by atoms with Gasteiger partial charge in [0.2, 0.25) is 0 Å². The fourth-order valence-corrected chi connectivity index (χ4v) is 3.22. The standard InChI is InChI=1S/C19H30N2/c1-15(2)18-7-5-17(6-8-18)14-21-11-9-19(10-12-21)20-13-16-3-4-16/h5-8,15-16,19-20H,3-4,9-14H2,1-2H3. The first kappa shape index (κ1) is 15.1. The Bertz CT molecular complexity index is 425. The summed E-state index contributed by atoms with van der Waals surface area (Å²) < 4.78 is 0. The molecule has 1 heterocycles. The molecule has 1 saturated heterocycles. The first-order valence-corrected chi connectivity index (χ1v) is 8.75. The third-order valence-corrected chi connectivity index (χ3v) is 5.03. The van der Waals surface area contributed by atoms with E-state index in [1.165, 1.54) is 56.4 Å². The van der Waals surface area contributed by atoms with E-state index in [1.54, 1.807) is 0 Å². The Kier molecular flexibility index (Phi) is 4.97. The third kappa shape index (κ3) is 4.55. The first-order chi connectivity index (χ1) is 10.2. The highest BCUT2D eigenvalue weighted by atomic mass is 15.1. The molecule has 1 aromatic carbocycles. The van der Waals surface area contributed by atoms with Crippen molar-refractivity contribution in [1.29, 1.82) is 0 Å². The van der Waals surface area contributed by atoms with Crippen LogP contribution in [0.25, 0.3) is 0 Å². The van der Waals surface area contributed by atoms with Crippen LogP contribution in [0.5, 0.6) is 0 Å². The van der Waals surface area contributed by atoms with Crippen molar-refractivity contribution >= 4 is 0 Å². The van der Waals surface area contributed by atoms with Crippen LogP contribution in [0.3, 0.4) is 0 Å². The summed E-state index contributed by atoms with van der Waals surface area (Å²) in [5, 5.41) is 3.76. The quantitative estimate of drug-likeness (QED) is 0.856. The molecular formula is C19H30N2. The molecule has 0 aromatic heterocycles. The number of rotatable bonds is 6. The summed E-state index contributed by atoms with van der Waals surface area (Å²) in [6, 6.07) is 9.98. The second-order valence-corrected chi connectivity index (χ2v) is 7.30. The van der Waals surface area contributed by atoms with Gasteiger partial charge in [0, 0.05) is 12.6 Å². The molecule has 2 fully saturated rings. The summed E-state index contributed by atoms with van der Waals surface area (Å²) in [7, 11) is 0. The third-order valence-electron chi connectivity index (χ3n) is 5.03. The zero-order valence-electron chi connectivity index (χ0n) is 13.6. The number of piperidine rings is 1. The molecule has 1 saturated carbocycles. The van der Waals surface area contributed by atoms with Crippen LogP contribution < -0.4 is 5.32 Å². The van der Waals surface area contributed by atoms with Crippen LogP contribution >= 0.6 is 0 Å². The van der Waals surface area contributed by atoms with E-state index in [0.29, 0.717) is 5.92 Å². The molecule has 0 spiro atoms. The molecule has 1 aliphatic carbocycles. The van der Waals surface area contributed by atoms with Gasteiger partial charge in [-0.25, -0.2) is 0 Å². The molecule has 3 rings (SSSR count). The van der Waals surface area contributed by atoms with Crippen LogP contribution in [0, 0.1) is 5.92 Å². The highest BCUT2D eigenvalue weighted by molar-refractivity contribution is 5.24. The predicted molar refractivity (Wildman–Crippen MR) is 89.6 cm³/mol. The Morgan fingerprint density at radius 2 is 1.71 bits per heavy atom. The van der Waals surface area contributed by atoms with Crippen molar-refractivity contribution in [2.24, 2.45) is 5.92 Å². The lowest BCUT2D eigenvalue weighted by Gasteiger charge is -2.32. The Morgan fingerprint density at radius 3 is 2.29 bits per heavy atom. The van der Waals surface area contributed by atoms with Crippen molar-refractivity contribution in [3.05, 3.63) is 35.4 Å². The average molecular weight is 286 g/mol. The molecule has 0 atom stereocenters. The average Bonchev–Trinajstić information content (AvgIpc) is 3.31. The zero-order valence-corrected chi connectivity index (χ0v) is 13.6. The minimum Gasteiger partial charge on any atom is -0.314 e. The van der Waals surface area contributed by atoms with Gasteiger partial charge in [-0.2, -0.15) is 0 Å². The number of nitrogens with one attached hydrogen (secondary N) is 1. The Morgan fingerprint density at radius 1 is 1.05 bits per heavy atom. The van der Waals surface area contributed by atoms with Crippen LogP contribution in [0.1, 0.15) is 56.6 Å². The molecule has 2 heteroatoms. The van der Waals surface area contributed by atoms with Crippen molar-refractivity contribution in [1.82, 2.24) is 10.2 Å². The normalized spacial score (nSPS) is 21.1. The summed E-state index contributed by atoms with van der Waals surface area (Å²) in [6.07, 6.45) is 5.55. The second-order valence-electron chi connectivity index (χ2n) is 7.30. The summed E-state index contributed by atoms with van der Waals surface area (Å²) in [5.41, 5.74) is 2.91. The lowest BCUT2D eigenvalue weighted by molar-refractivity contribution is 0.190. The summed E-state index contributed by atoms with van der Waals surface area (Å²) in [5.74, 6) is 1.63. The van der Waals surface area contributed by atoms with E-state index in [2.05, 4.69) is 48.3 Å². The van der Waals surface area contributed by atoms with Crippen LogP contribution in [-0.2, 0) is 6.54 Å². The van der Waals surface area contributed by atoms with Gasteiger partial charge >= 0.3 is 0 Å². The highest BCUT2D eigenvalue weighted by Crippen LogP contribution is 2.28. The number of benzene rings is 1. The van der Waals surface area contributed by atoms with Gasteiger partial charge in [0.15, 0.2) is 0 Å². The Hall–Kier alpha value is -0.860. The van der Waals surface area contributed by atoms with Gasteiger partial charge in [-0.15, -0.1) is 0 Å². The minimum absolute atomic E-state index is 0.632. The van der Waals surface area contributed by atoms with Gasteiger partial charge in [0.25, 0.3) is 0 Å². The van der Waals surface area contributed by atoms with Crippen molar-refractivity contribution in [2.75, 3.05) is 19.6 Å². The van der Waals surface area contributed by atoms with Gasteiger partial charge in [-0.1, -0.05) is 38.1 Å². The molecule has 21 heavy (non-hydrogen) atoms. The van der Waals surface area contributed by atoms with Crippen LogP contribution in [0.15, 0.2) is 24.3 Å². The monoisotopic (exact) mass is 286 g/mol. The smallest absolute Gasteiger partial charge is 0.0233 e. The van der Waals surface area contributed by atoms with Gasteiger partial charge in [0.05, 0.1) is 0 Å². The topological polar surface area (TPSA) is 15.3 Å². The summed E-state index contributed by atoms with van der Waals surface area (Å²) in [4.78, 5) is 2.61. The molecule has 2 aliphatic rings. The summed E-state index contributed by atoms with van der Waals surface area (Å²) in [6.45, 7) is 9.39. The lowest BCUT2D eigenvalue weighted by Crippen LogP contribution is -2.42. The largest absolute Gasteiger partial charge is 0.314 e. The Labute approximate surface area is 129 Å². The minimum atomic E-state index is 0.632. The number of hydrogen-bond acceptors (Lipinski definition) is 2. The van der Waals surface area contributed by atoms with E-state index in [-0.39, 0.29) is 0 Å². The molecule has 1 N–H and O–H groups in total. The first-order valence-electron chi connectivity index (χ1n) is 8.75. The van der Waals surface area contributed by atoms with E-state index in [9.17, 15) is 0 Å². The Balaban J connectivity index is 1.41. The predicted octanol–water partition coefficient (Wildman–Crippen LogP) is 3.77. The van der Waals surface area contributed by atoms with Crippen molar-refractivity contribution in [3.8, 4) is 0 Å². The molecule has 1 aliphatic heterocycles. The van der Waals surface area contributed by atoms with E-state index in [4.69, 9.17) is 0 Å². The van der Waals surface area contributed by atoms with Crippen molar-refractivity contribution < 1.29 is 0 Å². The molecule has 0 unspecified atom stereocenters. The van der Waals surface area contributed by atoms with E-state index < -0.39 is 0 Å². The maximum atomic E-state index is 3.76. The molecular weight excluding hydrogens is 256 g/mol. The highest BCUT2D eigenvalue weighted by Gasteiger charge is 2.24. The van der Waals surface area contributed by atoms with Gasteiger partial charge in [-0.3, -0.25) is 4.90 Å². The SMILES string of the molecule is CC(C)c1ccc(CN2CCC(NCC3CC3)CC2)cc1. The maximum absolute atomic E-state index is 3.76. The van der Waals surface area contributed by atoms with Gasteiger partial charge < -0.3 is 5.32 Å². The van der Waals surface area contributed by atoms with E-state index >= 15 is 0 Å². The van der Waals surface area contributed by atoms with Crippen LogP contribution in [0.2, 0.25) is 0 Å². The molecule has 0 amide bonds. The van der Waals surface area contributed by atoms with Gasteiger partial charge in [-0.05, 0) is 68.3 Å². The van der Waals surface area contributed by atoms with E-state index in [0.717, 1.165) is 18.5 Å².